The summed E-state index contributed by atoms with van der Waals surface area (Å²) < 4.78 is 0.904. The number of benzene rings is 3. The molecule has 0 unspecified atom stereocenters. The summed E-state index contributed by atoms with van der Waals surface area (Å²) in [5.41, 5.74) is 2.44. The number of amides is 2. The molecule has 1 atom stereocenters. The molecule has 178 valence electrons. The molecule has 34 heavy (non-hydrogen) atoms. The average Bonchev–Trinajstić information content (AvgIpc) is 2.82. The molecule has 0 aliphatic rings. The van der Waals surface area contributed by atoms with Crippen LogP contribution in [0.15, 0.2) is 77.3 Å². The van der Waals surface area contributed by atoms with Crippen LogP contribution < -0.4 is 5.32 Å². The van der Waals surface area contributed by atoms with Gasteiger partial charge >= 0.3 is 0 Å². The first-order valence-corrected chi connectivity index (χ1v) is 12.7. The van der Waals surface area contributed by atoms with Crippen LogP contribution in [0.4, 0.5) is 0 Å². The van der Waals surface area contributed by atoms with Crippen molar-refractivity contribution in [2.24, 2.45) is 0 Å². The van der Waals surface area contributed by atoms with Crippen molar-refractivity contribution in [3.8, 4) is 0 Å². The highest BCUT2D eigenvalue weighted by molar-refractivity contribution is 9.10. The number of halogens is 3. The predicted molar refractivity (Wildman–Crippen MR) is 142 cm³/mol. The van der Waals surface area contributed by atoms with Gasteiger partial charge in [0.25, 0.3) is 0 Å². The first kappa shape index (κ1) is 26.3. The second-order valence-electron chi connectivity index (χ2n) is 8.03. The number of hydrogen-bond donors (Lipinski definition) is 1. The summed E-state index contributed by atoms with van der Waals surface area (Å²) in [4.78, 5) is 28.7. The van der Waals surface area contributed by atoms with E-state index in [2.05, 4.69) is 21.2 Å². The molecule has 7 heteroatoms. The lowest BCUT2D eigenvalue weighted by Crippen LogP contribution is -2.51. The monoisotopic (exact) mass is 560 g/mol. The number of carbonyl (C=O) groups is 2. The van der Waals surface area contributed by atoms with Crippen molar-refractivity contribution in [1.29, 1.82) is 0 Å². The lowest BCUT2D eigenvalue weighted by atomic mass is 10.0. The zero-order chi connectivity index (χ0) is 24.5. The number of rotatable bonds is 10. The molecule has 0 radical (unpaired) electrons. The minimum atomic E-state index is -0.693. The van der Waals surface area contributed by atoms with E-state index in [0.29, 0.717) is 28.6 Å². The van der Waals surface area contributed by atoms with Crippen LogP contribution in [-0.4, -0.2) is 29.3 Å². The van der Waals surface area contributed by atoms with Gasteiger partial charge in [-0.05, 0) is 47.4 Å². The molecular weight excluding hydrogens is 535 g/mol. The second-order valence-corrected chi connectivity index (χ2v) is 9.76. The molecule has 0 bridgehead atoms. The summed E-state index contributed by atoms with van der Waals surface area (Å²) in [6.07, 6.45) is 1.20. The van der Waals surface area contributed by atoms with E-state index < -0.39 is 6.04 Å². The summed E-state index contributed by atoms with van der Waals surface area (Å²) in [6, 6.07) is 21.9. The van der Waals surface area contributed by atoms with Crippen molar-refractivity contribution < 1.29 is 9.59 Å². The van der Waals surface area contributed by atoms with Crippen LogP contribution in [0.1, 0.15) is 30.0 Å². The zero-order valence-corrected chi connectivity index (χ0v) is 22.0. The Kier molecular flexibility index (Phi) is 10.00. The van der Waals surface area contributed by atoms with Gasteiger partial charge < -0.3 is 10.2 Å². The highest BCUT2D eigenvalue weighted by Gasteiger charge is 2.31. The van der Waals surface area contributed by atoms with Gasteiger partial charge in [-0.15, -0.1) is 0 Å². The molecule has 0 aliphatic carbocycles. The summed E-state index contributed by atoms with van der Waals surface area (Å²) in [5, 5.41) is 3.84. The van der Waals surface area contributed by atoms with E-state index >= 15 is 0 Å². The largest absolute Gasteiger partial charge is 0.354 e. The first-order valence-electron chi connectivity index (χ1n) is 11.2. The average molecular weight is 562 g/mol. The molecule has 3 rings (SSSR count). The molecule has 3 aromatic rings. The molecule has 0 aromatic heterocycles. The molecule has 0 fully saturated rings. The third-order valence-corrected chi connectivity index (χ3v) is 6.65. The Hall–Kier alpha value is -2.34. The van der Waals surface area contributed by atoms with Crippen LogP contribution in [0.3, 0.4) is 0 Å². The van der Waals surface area contributed by atoms with Crippen molar-refractivity contribution in [3.63, 3.8) is 0 Å². The normalized spacial score (nSPS) is 11.6. The van der Waals surface area contributed by atoms with Crippen molar-refractivity contribution in [1.82, 2.24) is 10.2 Å². The van der Waals surface area contributed by atoms with Crippen LogP contribution in [0, 0.1) is 0 Å². The van der Waals surface area contributed by atoms with Crippen LogP contribution >= 0.6 is 39.1 Å². The van der Waals surface area contributed by atoms with Crippen molar-refractivity contribution in [3.05, 3.63) is 104 Å². The van der Waals surface area contributed by atoms with Gasteiger partial charge in [0.2, 0.25) is 11.8 Å². The highest BCUT2D eigenvalue weighted by atomic mass is 79.9. The minimum Gasteiger partial charge on any atom is -0.354 e. The molecule has 0 heterocycles. The Bertz CT molecular complexity index is 1100. The van der Waals surface area contributed by atoms with Gasteiger partial charge in [0.1, 0.15) is 6.04 Å². The molecule has 3 aromatic carbocycles. The van der Waals surface area contributed by atoms with E-state index in [1.54, 1.807) is 23.1 Å². The van der Waals surface area contributed by atoms with E-state index in [-0.39, 0.29) is 24.8 Å². The molecule has 0 aliphatic heterocycles. The Morgan fingerprint density at radius 3 is 2.24 bits per heavy atom. The fourth-order valence-electron chi connectivity index (χ4n) is 3.71. The Balaban J connectivity index is 1.99. The number of nitrogens with zero attached hydrogens (tertiary/aromatic N) is 1. The highest BCUT2D eigenvalue weighted by Crippen LogP contribution is 2.26. The van der Waals surface area contributed by atoms with E-state index in [0.717, 1.165) is 22.0 Å². The third-order valence-electron chi connectivity index (χ3n) is 5.45. The van der Waals surface area contributed by atoms with Gasteiger partial charge in [-0.1, -0.05) is 94.6 Å². The smallest absolute Gasteiger partial charge is 0.243 e. The van der Waals surface area contributed by atoms with E-state index in [4.69, 9.17) is 23.2 Å². The molecular formula is C27H27BrCl2N2O2. The topological polar surface area (TPSA) is 49.4 Å². The van der Waals surface area contributed by atoms with Crippen molar-refractivity contribution in [2.75, 3.05) is 6.54 Å². The Morgan fingerprint density at radius 1 is 0.941 bits per heavy atom. The zero-order valence-electron chi connectivity index (χ0n) is 18.9. The maximum atomic E-state index is 13.7. The van der Waals surface area contributed by atoms with E-state index in [1.165, 1.54) is 0 Å². The maximum absolute atomic E-state index is 13.7. The SMILES string of the molecule is CCCNC(=O)[C@@H](Cc1ccccc1)N(Cc1cccc(Br)c1)C(=O)Cc1c(Cl)cccc1Cl. The lowest BCUT2D eigenvalue weighted by molar-refractivity contribution is -0.140. The predicted octanol–water partition coefficient (Wildman–Crippen LogP) is 6.46. The second kappa shape index (κ2) is 12.9. The number of nitrogens with one attached hydrogen (secondary N) is 1. The minimum absolute atomic E-state index is 0.00113. The fraction of sp³-hybridized carbons (Fsp3) is 0.259. The van der Waals surface area contributed by atoms with E-state index in [1.807, 2.05) is 61.5 Å². The summed E-state index contributed by atoms with van der Waals surface area (Å²) in [7, 11) is 0. The van der Waals surface area contributed by atoms with Gasteiger partial charge in [0.05, 0.1) is 6.42 Å². The lowest BCUT2D eigenvalue weighted by Gasteiger charge is -2.32. The molecule has 2 amide bonds. The van der Waals surface area contributed by atoms with Gasteiger partial charge in [0, 0.05) is 34.0 Å². The molecule has 0 saturated carbocycles. The van der Waals surface area contributed by atoms with Crippen molar-refractivity contribution >= 4 is 50.9 Å². The van der Waals surface area contributed by atoms with Crippen LogP contribution in [0.2, 0.25) is 10.0 Å². The Labute approximate surface area is 219 Å². The summed E-state index contributed by atoms with van der Waals surface area (Å²) in [5.74, 6) is -0.401. The van der Waals surface area contributed by atoms with Crippen LogP contribution in [-0.2, 0) is 29.0 Å². The van der Waals surface area contributed by atoms with Crippen LogP contribution in [0.5, 0.6) is 0 Å². The third kappa shape index (κ3) is 7.33. The molecule has 1 N–H and O–H groups in total. The van der Waals surface area contributed by atoms with Gasteiger partial charge in [-0.3, -0.25) is 9.59 Å². The van der Waals surface area contributed by atoms with Gasteiger partial charge in [-0.25, -0.2) is 0 Å². The molecule has 0 saturated heterocycles. The molecule has 4 nitrogen and oxygen atoms in total. The molecule has 0 spiro atoms. The van der Waals surface area contributed by atoms with Crippen molar-refractivity contribution in [2.45, 2.75) is 38.8 Å². The Morgan fingerprint density at radius 2 is 1.59 bits per heavy atom. The van der Waals surface area contributed by atoms with Gasteiger partial charge in [0.15, 0.2) is 0 Å². The fourth-order valence-corrected chi connectivity index (χ4v) is 4.68. The summed E-state index contributed by atoms with van der Waals surface area (Å²) >= 11 is 16.2. The first-order chi connectivity index (χ1) is 16.4. The van der Waals surface area contributed by atoms with Gasteiger partial charge in [-0.2, -0.15) is 0 Å². The summed E-state index contributed by atoms with van der Waals surface area (Å²) in [6.45, 7) is 2.81. The maximum Gasteiger partial charge on any atom is 0.243 e. The number of hydrogen-bond acceptors (Lipinski definition) is 2. The number of carbonyl (C=O) groups excluding carboxylic acids is 2. The standard InChI is InChI=1S/C27H27BrCl2N2O2/c1-2-14-31-27(34)25(16-19-8-4-3-5-9-19)32(18-20-10-6-11-21(28)15-20)26(33)17-22-23(29)12-7-13-24(22)30/h3-13,15,25H,2,14,16-18H2,1H3,(H,31,34)/t25-/m1/s1. The van der Waals surface area contributed by atoms with E-state index in [9.17, 15) is 9.59 Å². The van der Waals surface area contributed by atoms with Crippen LogP contribution in [0.25, 0.3) is 0 Å². The quantitative estimate of drug-likeness (QED) is 0.308.